The van der Waals surface area contributed by atoms with Gasteiger partial charge in [-0.2, -0.15) is 11.8 Å². The molecule has 2 N–H and O–H groups in total. The van der Waals surface area contributed by atoms with Gasteiger partial charge in [0, 0.05) is 24.9 Å². The van der Waals surface area contributed by atoms with Gasteiger partial charge in [0.1, 0.15) is 0 Å². The van der Waals surface area contributed by atoms with Crippen LogP contribution in [0.1, 0.15) is 26.2 Å². The molecule has 1 saturated heterocycles. The second-order valence-electron chi connectivity index (χ2n) is 4.84. The molecule has 1 rings (SSSR count). The summed E-state index contributed by atoms with van der Waals surface area (Å²) in [5, 5.41) is 0. The number of hydrogen-bond donors (Lipinski definition) is 1. The van der Waals surface area contributed by atoms with Crippen LogP contribution in [0, 0.1) is 5.92 Å². The Morgan fingerprint density at radius 2 is 2.24 bits per heavy atom. The van der Waals surface area contributed by atoms with Crippen LogP contribution in [-0.4, -0.2) is 49.6 Å². The Balaban J connectivity index is 2.30. The van der Waals surface area contributed by atoms with E-state index in [1.807, 2.05) is 11.8 Å². The lowest BCUT2D eigenvalue weighted by Gasteiger charge is -2.30. The van der Waals surface area contributed by atoms with Gasteiger partial charge < -0.3 is 5.73 Å². The Labute approximate surface area is 109 Å². The molecular formula is C11H24N2O2S2. The van der Waals surface area contributed by atoms with Gasteiger partial charge in [-0.05, 0) is 30.9 Å². The van der Waals surface area contributed by atoms with E-state index in [9.17, 15) is 8.42 Å². The van der Waals surface area contributed by atoms with Crippen molar-refractivity contribution in [2.75, 3.05) is 30.9 Å². The number of rotatable bonds is 6. The molecule has 0 radical (unpaired) electrons. The SMILES string of the molecule is CCC(N)CSCC1CCCN(S(C)(=O)=O)C1. The summed E-state index contributed by atoms with van der Waals surface area (Å²) in [6.45, 7) is 3.47. The predicted octanol–water partition coefficient (Wildman–Crippen LogP) is 1.13. The Kier molecular flexibility index (Phi) is 6.26. The summed E-state index contributed by atoms with van der Waals surface area (Å²) >= 11 is 1.86. The monoisotopic (exact) mass is 280 g/mol. The van der Waals surface area contributed by atoms with Crippen LogP contribution in [0.15, 0.2) is 0 Å². The highest BCUT2D eigenvalue weighted by molar-refractivity contribution is 7.99. The molecule has 0 spiro atoms. The van der Waals surface area contributed by atoms with Crippen molar-refractivity contribution in [3.8, 4) is 0 Å². The minimum absolute atomic E-state index is 0.273. The fourth-order valence-corrected chi connectivity index (χ4v) is 4.19. The Morgan fingerprint density at radius 3 is 2.82 bits per heavy atom. The molecule has 1 heterocycles. The molecule has 0 aromatic rings. The third kappa shape index (κ3) is 5.59. The van der Waals surface area contributed by atoms with Crippen LogP contribution < -0.4 is 5.73 Å². The van der Waals surface area contributed by atoms with Gasteiger partial charge in [0.2, 0.25) is 10.0 Å². The van der Waals surface area contributed by atoms with Crippen LogP contribution >= 0.6 is 11.8 Å². The third-order valence-electron chi connectivity index (χ3n) is 3.16. The Hall–Kier alpha value is 0.220. The standard InChI is InChI=1S/C11H24N2O2S2/c1-3-11(12)9-16-8-10-5-4-6-13(7-10)17(2,14)15/h10-11H,3-9,12H2,1-2H3. The molecule has 2 atom stereocenters. The van der Waals surface area contributed by atoms with Gasteiger partial charge in [0.25, 0.3) is 0 Å². The summed E-state index contributed by atoms with van der Waals surface area (Å²) in [6, 6.07) is 0.273. The van der Waals surface area contributed by atoms with Crippen LogP contribution in [0.4, 0.5) is 0 Å². The van der Waals surface area contributed by atoms with Gasteiger partial charge in [-0.1, -0.05) is 6.92 Å². The lowest BCUT2D eigenvalue weighted by Crippen LogP contribution is -2.40. The lowest BCUT2D eigenvalue weighted by atomic mass is 10.0. The van der Waals surface area contributed by atoms with Crippen LogP contribution in [0.25, 0.3) is 0 Å². The normalized spacial score (nSPS) is 24.8. The quantitative estimate of drug-likeness (QED) is 0.792. The average molecular weight is 280 g/mol. The fourth-order valence-electron chi connectivity index (χ4n) is 1.97. The Morgan fingerprint density at radius 1 is 1.53 bits per heavy atom. The first-order valence-electron chi connectivity index (χ1n) is 6.22. The fraction of sp³-hybridized carbons (Fsp3) is 1.00. The molecule has 0 saturated carbocycles. The molecule has 2 unspecified atom stereocenters. The molecular weight excluding hydrogens is 256 g/mol. The van der Waals surface area contributed by atoms with Gasteiger partial charge in [-0.15, -0.1) is 0 Å². The van der Waals surface area contributed by atoms with Crippen molar-refractivity contribution in [1.29, 1.82) is 0 Å². The first-order chi connectivity index (χ1) is 7.93. The molecule has 0 amide bonds. The van der Waals surface area contributed by atoms with Crippen molar-refractivity contribution >= 4 is 21.8 Å². The molecule has 0 bridgehead atoms. The molecule has 1 aliphatic heterocycles. The van der Waals surface area contributed by atoms with Crippen molar-refractivity contribution in [1.82, 2.24) is 4.31 Å². The second-order valence-corrected chi connectivity index (χ2v) is 7.89. The molecule has 0 aromatic heterocycles. The molecule has 1 aliphatic rings. The van der Waals surface area contributed by atoms with Crippen LogP contribution in [0.5, 0.6) is 0 Å². The van der Waals surface area contributed by atoms with E-state index in [-0.39, 0.29) is 6.04 Å². The molecule has 0 aromatic carbocycles. The molecule has 4 nitrogen and oxygen atoms in total. The maximum atomic E-state index is 11.5. The van der Waals surface area contributed by atoms with E-state index >= 15 is 0 Å². The largest absolute Gasteiger partial charge is 0.327 e. The van der Waals surface area contributed by atoms with Crippen molar-refractivity contribution in [3.63, 3.8) is 0 Å². The van der Waals surface area contributed by atoms with Crippen molar-refractivity contribution < 1.29 is 8.42 Å². The van der Waals surface area contributed by atoms with Gasteiger partial charge in [-0.3, -0.25) is 0 Å². The number of thioether (sulfide) groups is 1. The molecule has 1 fully saturated rings. The van der Waals surface area contributed by atoms with E-state index in [4.69, 9.17) is 5.73 Å². The van der Waals surface area contributed by atoms with Crippen molar-refractivity contribution in [3.05, 3.63) is 0 Å². The second kappa shape index (κ2) is 6.97. The molecule has 6 heteroatoms. The van der Waals surface area contributed by atoms with E-state index in [2.05, 4.69) is 6.92 Å². The van der Waals surface area contributed by atoms with E-state index < -0.39 is 10.0 Å². The first-order valence-corrected chi connectivity index (χ1v) is 9.22. The number of sulfonamides is 1. The topological polar surface area (TPSA) is 63.4 Å². The number of hydrogen-bond acceptors (Lipinski definition) is 4. The Bertz CT molecular complexity index is 319. The smallest absolute Gasteiger partial charge is 0.211 e. The number of piperidine rings is 1. The zero-order chi connectivity index (χ0) is 12.9. The highest BCUT2D eigenvalue weighted by atomic mass is 32.2. The molecule has 102 valence electrons. The van der Waals surface area contributed by atoms with E-state index in [1.54, 1.807) is 4.31 Å². The predicted molar refractivity (Wildman–Crippen MR) is 74.7 cm³/mol. The van der Waals surface area contributed by atoms with E-state index in [1.165, 1.54) is 6.26 Å². The minimum Gasteiger partial charge on any atom is -0.327 e. The average Bonchev–Trinajstić information content (AvgIpc) is 2.28. The highest BCUT2D eigenvalue weighted by Crippen LogP contribution is 2.22. The lowest BCUT2D eigenvalue weighted by molar-refractivity contribution is 0.286. The van der Waals surface area contributed by atoms with Gasteiger partial charge in [0.15, 0.2) is 0 Å². The van der Waals surface area contributed by atoms with Crippen LogP contribution in [-0.2, 0) is 10.0 Å². The summed E-state index contributed by atoms with van der Waals surface area (Å²) in [5.74, 6) is 2.50. The van der Waals surface area contributed by atoms with Gasteiger partial charge in [0.05, 0.1) is 6.26 Å². The first kappa shape index (κ1) is 15.3. The summed E-state index contributed by atoms with van der Waals surface area (Å²) in [6.07, 6.45) is 4.43. The highest BCUT2D eigenvalue weighted by Gasteiger charge is 2.25. The van der Waals surface area contributed by atoms with E-state index in [0.717, 1.165) is 30.8 Å². The van der Waals surface area contributed by atoms with E-state index in [0.29, 0.717) is 19.0 Å². The maximum absolute atomic E-state index is 11.5. The van der Waals surface area contributed by atoms with Crippen molar-refractivity contribution in [2.45, 2.75) is 32.2 Å². The number of nitrogens with two attached hydrogens (primary N) is 1. The third-order valence-corrected chi connectivity index (χ3v) is 5.80. The maximum Gasteiger partial charge on any atom is 0.211 e. The molecule has 0 aliphatic carbocycles. The summed E-state index contributed by atoms with van der Waals surface area (Å²) in [5.41, 5.74) is 5.86. The van der Waals surface area contributed by atoms with Crippen LogP contribution in [0.2, 0.25) is 0 Å². The van der Waals surface area contributed by atoms with Crippen LogP contribution in [0.3, 0.4) is 0 Å². The number of nitrogens with zero attached hydrogens (tertiary/aromatic N) is 1. The minimum atomic E-state index is -3.01. The van der Waals surface area contributed by atoms with Gasteiger partial charge in [-0.25, -0.2) is 12.7 Å². The van der Waals surface area contributed by atoms with Crippen molar-refractivity contribution in [2.24, 2.45) is 11.7 Å². The van der Waals surface area contributed by atoms with Gasteiger partial charge >= 0.3 is 0 Å². The summed E-state index contributed by atoms with van der Waals surface area (Å²) in [4.78, 5) is 0. The molecule has 17 heavy (non-hydrogen) atoms. The zero-order valence-electron chi connectivity index (χ0n) is 10.8. The summed E-state index contributed by atoms with van der Waals surface area (Å²) in [7, 11) is -3.01. The zero-order valence-corrected chi connectivity index (χ0v) is 12.4. The summed E-state index contributed by atoms with van der Waals surface area (Å²) < 4.78 is 24.5.